The van der Waals surface area contributed by atoms with Gasteiger partial charge in [-0.05, 0) is 30.5 Å². The molecule has 3 amide bonds. The van der Waals surface area contributed by atoms with Crippen LogP contribution in [0.1, 0.15) is 20.3 Å². The molecule has 1 saturated heterocycles. The molecule has 0 aromatic heterocycles. The van der Waals surface area contributed by atoms with Gasteiger partial charge in [-0.3, -0.25) is 9.59 Å². The lowest BCUT2D eigenvalue weighted by molar-refractivity contribution is -0.143. The summed E-state index contributed by atoms with van der Waals surface area (Å²) in [7, 11) is 0. The quantitative estimate of drug-likeness (QED) is 0.795. The summed E-state index contributed by atoms with van der Waals surface area (Å²) in [5.41, 5.74) is 1.14. The van der Waals surface area contributed by atoms with E-state index in [1.165, 1.54) is 11.8 Å². The van der Waals surface area contributed by atoms with Crippen molar-refractivity contribution in [3.63, 3.8) is 0 Å². The lowest BCUT2D eigenvalue weighted by Crippen LogP contribution is -2.47. The van der Waals surface area contributed by atoms with Crippen molar-refractivity contribution in [3.8, 4) is 0 Å². The van der Waals surface area contributed by atoms with Gasteiger partial charge < -0.3 is 20.6 Å². The van der Waals surface area contributed by atoms with Crippen LogP contribution in [-0.2, 0) is 9.59 Å². The van der Waals surface area contributed by atoms with Crippen LogP contribution in [0.3, 0.4) is 0 Å². The van der Waals surface area contributed by atoms with Crippen LogP contribution in [-0.4, -0.2) is 41.0 Å². The number of piperidine rings is 1. The molecule has 1 heterocycles. The van der Waals surface area contributed by atoms with Crippen molar-refractivity contribution in [2.24, 2.45) is 11.8 Å². The lowest BCUT2D eigenvalue weighted by atomic mass is 9.91. The van der Waals surface area contributed by atoms with Gasteiger partial charge in [0.2, 0.25) is 5.91 Å². The van der Waals surface area contributed by atoms with Gasteiger partial charge in [0.15, 0.2) is 0 Å². The number of hydrogen-bond donors (Lipinski definition) is 3. The first-order valence-corrected chi connectivity index (χ1v) is 7.51. The van der Waals surface area contributed by atoms with Gasteiger partial charge in [0.25, 0.3) is 0 Å². The van der Waals surface area contributed by atoms with Gasteiger partial charge in [0, 0.05) is 31.4 Å². The highest BCUT2D eigenvalue weighted by Crippen LogP contribution is 2.23. The smallest absolute Gasteiger partial charge is 0.321 e. The Labute approximate surface area is 134 Å². The number of anilines is 2. The van der Waals surface area contributed by atoms with E-state index in [9.17, 15) is 14.4 Å². The zero-order valence-electron chi connectivity index (χ0n) is 13.2. The molecule has 1 aliphatic heterocycles. The fourth-order valence-corrected chi connectivity index (χ4v) is 2.78. The van der Waals surface area contributed by atoms with Crippen LogP contribution in [0.4, 0.5) is 16.2 Å². The zero-order valence-corrected chi connectivity index (χ0v) is 13.2. The first-order chi connectivity index (χ1) is 10.8. The molecule has 0 aliphatic carbocycles. The third kappa shape index (κ3) is 4.70. The molecule has 0 saturated carbocycles. The Hall–Kier alpha value is -2.57. The molecule has 124 valence electrons. The first-order valence-electron chi connectivity index (χ1n) is 7.51. The molecule has 23 heavy (non-hydrogen) atoms. The van der Waals surface area contributed by atoms with Crippen molar-refractivity contribution >= 4 is 29.3 Å². The van der Waals surface area contributed by atoms with Crippen LogP contribution in [0.15, 0.2) is 24.3 Å². The average molecular weight is 319 g/mol. The number of carboxylic acid groups (broad SMARTS) is 1. The molecule has 7 heteroatoms. The van der Waals surface area contributed by atoms with Gasteiger partial charge >= 0.3 is 12.0 Å². The Morgan fingerprint density at radius 3 is 2.43 bits per heavy atom. The first kappa shape index (κ1) is 16.8. The fraction of sp³-hybridized carbons (Fsp3) is 0.438. The maximum Gasteiger partial charge on any atom is 0.321 e. The van der Waals surface area contributed by atoms with Crippen LogP contribution < -0.4 is 10.6 Å². The number of hydrogen-bond acceptors (Lipinski definition) is 3. The number of nitrogens with zero attached hydrogens (tertiary/aromatic N) is 1. The van der Waals surface area contributed by atoms with Crippen LogP contribution >= 0.6 is 0 Å². The van der Waals surface area contributed by atoms with E-state index in [1.54, 1.807) is 24.3 Å². The van der Waals surface area contributed by atoms with Gasteiger partial charge in [-0.25, -0.2) is 4.79 Å². The molecule has 7 nitrogen and oxygen atoms in total. The van der Waals surface area contributed by atoms with Crippen molar-refractivity contribution in [3.05, 3.63) is 24.3 Å². The number of carbonyl (C=O) groups excluding carboxylic acids is 2. The van der Waals surface area contributed by atoms with E-state index in [-0.39, 0.29) is 24.4 Å². The number of urea groups is 1. The van der Waals surface area contributed by atoms with Crippen molar-refractivity contribution < 1.29 is 19.5 Å². The second-order valence-corrected chi connectivity index (χ2v) is 5.97. The highest BCUT2D eigenvalue weighted by atomic mass is 16.4. The number of benzene rings is 1. The van der Waals surface area contributed by atoms with Crippen molar-refractivity contribution in [2.75, 3.05) is 23.7 Å². The molecular weight excluding hydrogens is 298 g/mol. The highest BCUT2D eigenvalue weighted by molar-refractivity contribution is 5.92. The minimum atomic E-state index is -0.873. The summed E-state index contributed by atoms with van der Waals surface area (Å²) in [6, 6.07) is 6.48. The van der Waals surface area contributed by atoms with E-state index in [0.717, 1.165) is 0 Å². The van der Waals surface area contributed by atoms with Crippen LogP contribution in [0.2, 0.25) is 0 Å². The van der Waals surface area contributed by atoms with Gasteiger partial charge in [-0.1, -0.05) is 13.0 Å². The monoisotopic (exact) mass is 319 g/mol. The molecule has 1 aromatic carbocycles. The van der Waals surface area contributed by atoms with E-state index in [2.05, 4.69) is 10.6 Å². The predicted molar refractivity (Wildman–Crippen MR) is 86.2 cm³/mol. The molecule has 1 aromatic rings. The van der Waals surface area contributed by atoms with Crippen LogP contribution in [0.25, 0.3) is 0 Å². The fourth-order valence-electron chi connectivity index (χ4n) is 2.78. The van der Waals surface area contributed by atoms with Gasteiger partial charge in [0.05, 0.1) is 5.92 Å². The topological polar surface area (TPSA) is 98.7 Å². The minimum Gasteiger partial charge on any atom is -0.481 e. The summed E-state index contributed by atoms with van der Waals surface area (Å²) in [4.78, 5) is 36.1. The van der Waals surface area contributed by atoms with Crippen molar-refractivity contribution in [1.82, 2.24) is 4.90 Å². The molecule has 0 bridgehead atoms. The molecule has 3 N–H and O–H groups in total. The van der Waals surface area contributed by atoms with Gasteiger partial charge in [-0.2, -0.15) is 0 Å². The Bertz CT molecular complexity index is 617. The van der Waals surface area contributed by atoms with Crippen LogP contribution in [0, 0.1) is 11.8 Å². The molecule has 0 spiro atoms. The van der Waals surface area contributed by atoms with Crippen molar-refractivity contribution in [1.29, 1.82) is 0 Å². The number of likely N-dealkylation sites (tertiary alicyclic amines) is 1. The average Bonchev–Trinajstić information content (AvgIpc) is 2.46. The summed E-state index contributed by atoms with van der Waals surface area (Å²) in [6.07, 6.45) is 0.580. The molecule has 0 radical (unpaired) electrons. The van der Waals surface area contributed by atoms with E-state index in [0.29, 0.717) is 24.3 Å². The van der Waals surface area contributed by atoms with Gasteiger partial charge in [-0.15, -0.1) is 0 Å². The third-order valence-electron chi connectivity index (χ3n) is 3.73. The van der Waals surface area contributed by atoms with Crippen LogP contribution in [0.5, 0.6) is 0 Å². The van der Waals surface area contributed by atoms with Gasteiger partial charge in [0.1, 0.15) is 0 Å². The SMILES string of the molecule is CC(=O)Nc1cccc(NC(=O)N2CC(C)CC(C(=O)O)C2)c1. The Balaban J connectivity index is 2.03. The molecule has 2 atom stereocenters. The highest BCUT2D eigenvalue weighted by Gasteiger charge is 2.31. The molecule has 2 rings (SSSR count). The molecular formula is C16H21N3O4. The molecule has 1 aliphatic rings. The Morgan fingerprint density at radius 1 is 1.17 bits per heavy atom. The minimum absolute atomic E-state index is 0.140. The predicted octanol–water partition coefficient (Wildman–Crippen LogP) is 2.22. The molecule has 2 unspecified atom stereocenters. The number of rotatable bonds is 3. The normalized spacial score (nSPS) is 20.7. The maximum atomic E-state index is 12.3. The van der Waals surface area contributed by atoms with E-state index in [1.807, 2.05) is 6.92 Å². The summed E-state index contributed by atoms with van der Waals surface area (Å²) in [5.74, 6) is -1.46. The number of nitrogens with one attached hydrogen (secondary N) is 2. The lowest BCUT2D eigenvalue weighted by Gasteiger charge is -2.34. The van der Waals surface area contributed by atoms with E-state index >= 15 is 0 Å². The number of amides is 3. The standard InChI is InChI=1S/C16H21N3O4/c1-10-6-12(15(21)22)9-19(8-10)16(23)18-14-5-3-4-13(7-14)17-11(2)20/h3-5,7,10,12H,6,8-9H2,1-2H3,(H,17,20)(H,18,23)(H,21,22). The van der Waals surface area contributed by atoms with E-state index < -0.39 is 11.9 Å². The maximum absolute atomic E-state index is 12.3. The summed E-state index contributed by atoms with van der Waals surface area (Å²) in [5, 5.41) is 14.6. The third-order valence-corrected chi connectivity index (χ3v) is 3.73. The zero-order chi connectivity index (χ0) is 17.0. The molecule has 1 fully saturated rings. The van der Waals surface area contributed by atoms with Crippen molar-refractivity contribution in [2.45, 2.75) is 20.3 Å². The van der Waals surface area contributed by atoms with E-state index in [4.69, 9.17) is 5.11 Å². The summed E-state index contributed by atoms with van der Waals surface area (Å²) in [6.45, 7) is 4.08. The number of aliphatic carboxylic acids is 1. The second-order valence-electron chi connectivity index (χ2n) is 5.97. The Kier molecular flexibility index (Phi) is 5.20. The largest absolute Gasteiger partial charge is 0.481 e. The second kappa shape index (κ2) is 7.13. The number of carbonyl (C=O) groups is 3. The number of carboxylic acids is 1. The Morgan fingerprint density at radius 2 is 1.83 bits per heavy atom. The summed E-state index contributed by atoms with van der Waals surface area (Å²) < 4.78 is 0. The summed E-state index contributed by atoms with van der Waals surface area (Å²) >= 11 is 0.